The van der Waals surface area contributed by atoms with Crippen LogP contribution in [-0.4, -0.2) is 16.1 Å². The second-order valence-electron chi connectivity index (χ2n) is 4.53. The SMILES string of the molecule is O=C(O)c1ccc2cccc(-c3ncc(F)cc3Cl)c2c1. The van der Waals surface area contributed by atoms with Crippen molar-refractivity contribution in [3.63, 3.8) is 0 Å². The van der Waals surface area contributed by atoms with Gasteiger partial charge in [-0.1, -0.05) is 35.9 Å². The molecule has 0 atom stereocenters. The number of carboxylic acids is 1. The average molecular weight is 302 g/mol. The van der Waals surface area contributed by atoms with Gasteiger partial charge in [0, 0.05) is 5.56 Å². The Balaban J connectivity index is 2.31. The van der Waals surface area contributed by atoms with Gasteiger partial charge in [0.1, 0.15) is 5.82 Å². The monoisotopic (exact) mass is 301 g/mol. The van der Waals surface area contributed by atoms with Gasteiger partial charge in [-0.15, -0.1) is 0 Å². The molecule has 21 heavy (non-hydrogen) atoms. The maximum atomic E-state index is 13.1. The molecule has 0 unspecified atom stereocenters. The van der Waals surface area contributed by atoms with E-state index in [0.29, 0.717) is 16.6 Å². The summed E-state index contributed by atoms with van der Waals surface area (Å²) < 4.78 is 13.1. The number of carboxylic acid groups (broad SMARTS) is 1. The van der Waals surface area contributed by atoms with Crippen LogP contribution in [0.1, 0.15) is 10.4 Å². The van der Waals surface area contributed by atoms with Gasteiger partial charge >= 0.3 is 5.97 Å². The summed E-state index contributed by atoms with van der Waals surface area (Å²) in [6.45, 7) is 0. The normalized spacial score (nSPS) is 10.8. The highest BCUT2D eigenvalue weighted by molar-refractivity contribution is 6.33. The van der Waals surface area contributed by atoms with Crippen molar-refractivity contribution in [3.8, 4) is 11.3 Å². The van der Waals surface area contributed by atoms with Gasteiger partial charge in [-0.3, -0.25) is 4.98 Å². The molecule has 3 nitrogen and oxygen atoms in total. The number of carbonyl (C=O) groups is 1. The van der Waals surface area contributed by atoms with Crippen LogP contribution in [0.15, 0.2) is 48.7 Å². The van der Waals surface area contributed by atoms with Crippen molar-refractivity contribution in [1.82, 2.24) is 4.98 Å². The summed E-state index contributed by atoms with van der Waals surface area (Å²) in [5, 5.41) is 10.9. The van der Waals surface area contributed by atoms with Crippen LogP contribution in [0.25, 0.3) is 22.0 Å². The lowest BCUT2D eigenvalue weighted by atomic mass is 9.99. The third kappa shape index (κ3) is 2.45. The molecule has 0 amide bonds. The Morgan fingerprint density at radius 2 is 2.00 bits per heavy atom. The van der Waals surface area contributed by atoms with Gasteiger partial charge in [0.25, 0.3) is 0 Å². The number of fused-ring (bicyclic) bond motifs is 1. The highest BCUT2D eigenvalue weighted by atomic mass is 35.5. The predicted molar refractivity (Wildman–Crippen MR) is 79.1 cm³/mol. The minimum Gasteiger partial charge on any atom is -0.478 e. The molecule has 0 bridgehead atoms. The third-order valence-electron chi connectivity index (χ3n) is 3.19. The molecule has 3 aromatic rings. The second kappa shape index (κ2) is 5.14. The van der Waals surface area contributed by atoms with Crippen molar-refractivity contribution in [3.05, 3.63) is 65.1 Å². The van der Waals surface area contributed by atoms with Crippen LogP contribution in [0.3, 0.4) is 0 Å². The molecule has 3 rings (SSSR count). The molecule has 0 saturated carbocycles. The number of benzene rings is 2. The number of rotatable bonds is 2. The lowest BCUT2D eigenvalue weighted by molar-refractivity contribution is 0.0697. The fraction of sp³-hybridized carbons (Fsp3) is 0. The summed E-state index contributed by atoms with van der Waals surface area (Å²) in [6.07, 6.45) is 1.08. The van der Waals surface area contributed by atoms with E-state index in [-0.39, 0.29) is 10.6 Å². The molecule has 1 aromatic heterocycles. The van der Waals surface area contributed by atoms with Gasteiger partial charge in [0.15, 0.2) is 0 Å². The first-order chi connectivity index (χ1) is 10.1. The van der Waals surface area contributed by atoms with Crippen LogP contribution in [-0.2, 0) is 0 Å². The van der Waals surface area contributed by atoms with Gasteiger partial charge in [0.05, 0.1) is 22.5 Å². The van der Waals surface area contributed by atoms with E-state index in [1.807, 2.05) is 12.1 Å². The standard InChI is InChI=1S/C16H9ClFNO2/c17-14-7-11(18)8-19-15(14)12-3-1-2-9-4-5-10(16(20)21)6-13(9)12/h1-8H,(H,20,21). The van der Waals surface area contributed by atoms with Gasteiger partial charge in [-0.25, -0.2) is 9.18 Å². The summed E-state index contributed by atoms with van der Waals surface area (Å²) in [4.78, 5) is 15.1. The zero-order valence-corrected chi connectivity index (χ0v) is 11.4. The van der Waals surface area contributed by atoms with Crippen molar-refractivity contribution in [2.45, 2.75) is 0 Å². The van der Waals surface area contributed by atoms with Crippen LogP contribution in [0.5, 0.6) is 0 Å². The van der Waals surface area contributed by atoms with E-state index in [1.165, 1.54) is 12.1 Å². The van der Waals surface area contributed by atoms with Crippen molar-refractivity contribution in [2.24, 2.45) is 0 Å². The van der Waals surface area contributed by atoms with Crippen molar-refractivity contribution in [2.75, 3.05) is 0 Å². The lowest BCUT2D eigenvalue weighted by Crippen LogP contribution is -1.96. The first-order valence-corrected chi connectivity index (χ1v) is 6.51. The minimum absolute atomic E-state index is 0.174. The van der Waals surface area contributed by atoms with Crippen molar-refractivity contribution in [1.29, 1.82) is 0 Å². The molecule has 0 aliphatic rings. The number of pyridine rings is 1. The van der Waals surface area contributed by atoms with E-state index in [1.54, 1.807) is 18.2 Å². The molecule has 1 heterocycles. The maximum Gasteiger partial charge on any atom is 0.335 e. The van der Waals surface area contributed by atoms with Crippen molar-refractivity contribution < 1.29 is 14.3 Å². The average Bonchev–Trinajstić information content (AvgIpc) is 2.46. The summed E-state index contributed by atoms with van der Waals surface area (Å²) in [5.41, 5.74) is 1.26. The minimum atomic E-state index is -1.01. The summed E-state index contributed by atoms with van der Waals surface area (Å²) in [6, 6.07) is 11.5. The summed E-state index contributed by atoms with van der Waals surface area (Å²) >= 11 is 6.05. The zero-order chi connectivity index (χ0) is 15.0. The topological polar surface area (TPSA) is 50.2 Å². The van der Waals surface area contributed by atoms with E-state index < -0.39 is 11.8 Å². The van der Waals surface area contributed by atoms with Crippen molar-refractivity contribution >= 4 is 28.3 Å². The molecule has 2 aromatic carbocycles. The Bertz CT molecular complexity index is 864. The van der Waals surface area contributed by atoms with Gasteiger partial charge in [0.2, 0.25) is 0 Å². The first-order valence-electron chi connectivity index (χ1n) is 6.14. The van der Waals surface area contributed by atoms with Crippen LogP contribution in [0, 0.1) is 5.82 Å². The van der Waals surface area contributed by atoms with Gasteiger partial charge < -0.3 is 5.11 Å². The molecular formula is C16H9ClFNO2. The molecule has 0 aliphatic carbocycles. The highest BCUT2D eigenvalue weighted by Crippen LogP contribution is 2.32. The second-order valence-corrected chi connectivity index (χ2v) is 4.94. The Kier molecular flexibility index (Phi) is 3.31. The molecule has 0 radical (unpaired) electrons. The maximum absolute atomic E-state index is 13.1. The molecule has 1 N–H and O–H groups in total. The Morgan fingerprint density at radius 3 is 2.71 bits per heavy atom. The number of aromatic nitrogens is 1. The Morgan fingerprint density at radius 1 is 1.19 bits per heavy atom. The zero-order valence-electron chi connectivity index (χ0n) is 10.7. The number of halogens is 2. The smallest absolute Gasteiger partial charge is 0.335 e. The molecule has 0 saturated heterocycles. The number of hydrogen-bond acceptors (Lipinski definition) is 2. The van der Waals surface area contributed by atoms with E-state index in [4.69, 9.17) is 16.7 Å². The highest BCUT2D eigenvalue weighted by Gasteiger charge is 2.12. The molecular weight excluding hydrogens is 293 g/mol. The lowest BCUT2D eigenvalue weighted by Gasteiger charge is -2.08. The van der Waals surface area contributed by atoms with Crippen LogP contribution < -0.4 is 0 Å². The van der Waals surface area contributed by atoms with Crippen LogP contribution in [0.4, 0.5) is 4.39 Å². The molecule has 0 aliphatic heterocycles. The first kappa shape index (κ1) is 13.5. The van der Waals surface area contributed by atoms with Gasteiger partial charge in [-0.2, -0.15) is 0 Å². The number of nitrogens with zero attached hydrogens (tertiary/aromatic N) is 1. The number of hydrogen-bond donors (Lipinski definition) is 1. The Hall–Kier alpha value is -2.46. The van der Waals surface area contributed by atoms with Gasteiger partial charge in [-0.05, 0) is 29.0 Å². The van der Waals surface area contributed by atoms with E-state index in [0.717, 1.165) is 11.6 Å². The predicted octanol–water partition coefficient (Wildman–Crippen LogP) is 4.39. The van der Waals surface area contributed by atoms with Crippen LogP contribution >= 0.6 is 11.6 Å². The van der Waals surface area contributed by atoms with E-state index in [2.05, 4.69) is 4.98 Å². The van der Waals surface area contributed by atoms with Crippen LogP contribution in [0.2, 0.25) is 5.02 Å². The number of aromatic carboxylic acids is 1. The largest absolute Gasteiger partial charge is 0.478 e. The fourth-order valence-electron chi connectivity index (χ4n) is 2.22. The third-order valence-corrected chi connectivity index (χ3v) is 3.48. The van der Waals surface area contributed by atoms with E-state index >= 15 is 0 Å². The molecule has 0 fully saturated rings. The summed E-state index contributed by atoms with van der Waals surface area (Å²) in [5.74, 6) is -1.53. The fourth-order valence-corrected chi connectivity index (χ4v) is 2.48. The van der Waals surface area contributed by atoms with E-state index in [9.17, 15) is 9.18 Å². The molecule has 5 heteroatoms. The Labute approximate surface area is 124 Å². The quantitative estimate of drug-likeness (QED) is 0.763. The summed E-state index contributed by atoms with van der Waals surface area (Å²) in [7, 11) is 0. The molecule has 104 valence electrons. The molecule has 0 spiro atoms.